The van der Waals surface area contributed by atoms with E-state index < -0.39 is 9.84 Å². The monoisotopic (exact) mass is 295 g/mol. The van der Waals surface area contributed by atoms with Crippen LogP contribution >= 0.6 is 0 Å². The largest absolute Gasteiger partial charge is 0.361 e. The van der Waals surface area contributed by atoms with E-state index in [0.717, 1.165) is 17.1 Å². The lowest BCUT2D eigenvalue weighted by Crippen LogP contribution is -2.33. The molecule has 1 N–H and O–H groups in total. The quantitative estimate of drug-likeness (QED) is 0.862. The van der Waals surface area contributed by atoms with Crippen LogP contribution in [-0.4, -0.2) is 35.2 Å². The molecule has 110 valence electrons. The van der Waals surface area contributed by atoms with E-state index in [1.807, 2.05) is 11.6 Å². The molecule has 20 heavy (non-hydrogen) atoms. The van der Waals surface area contributed by atoms with E-state index in [9.17, 15) is 8.42 Å². The van der Waals surface area contributed by atoms with Crippen molar-refractivity contribution in [2.45, 2.75) is 45.7 Å². The molecule has 0 aliphatic carbocycles. The van der Waals surface area contributed by atoms with Crippen molar-refractivity contribution in [2.75, 3.05) is 16.8 Å². The highest BCUT2D eigenvalue weighted by Crippen LogP contribution is 2.38. The Labute approximate surface area is 120 Å². The molecule has 1 atom stereocenters. The zero-order valence-electron chi connectivity index (χ0n) is 12.4. The van der Waals surface area contributed by atoms with Crippen LogP contribution in [0, 0.1) is 6.92 Å². The minimum Gasteiger partial charge on any atom is -0.361 e. The summed E-state index contributed by atoms with van der Waals surface area (Å²) in [6.45, 7) is 8.29. The topological polar surface area (TPSA) is 64.0 Å². The van der Waals surface area contributed by atoms with Crippen molar-refractivity contribution in [3.63, 3.8) is 0 Å². The molecular weight excluding hydrogens is 274 g/mol. The Balaban J connectivity index is 2.09. The van der Waals surface area contributed by atoms with Crippen molar-refractivity contribution in [2.24, 2.45) is 0 Å². The molecule has 1 saturated heterocycles. The third kappa shape index (κ3) is 2.16. The molecule has 1 aromatic heterocycles. The molecule has 1 fully saturated rings. The average Bonchev–Trinajstić information content (AvgIpc) is 2.77. The molecule has 3 rings (SSSR count). The van der Waals surface area contributed by atoms with Crippen LogP contribution in [0.15, 0.2) is 6.08 Å². The highest BCUT2D eigenvalue weighted by atomic mass is 32.2. The third-order valence-corrected chi connectivity index (χ3v) is 5.80. The summed E-state index contributed by atoms with van der Waals surface area (Å²) >= 11 is 0. The molecule has 0 bridgehead atoms. The molecule has 5 nitrogen and oxygen atoms in total. The third-order valence-electron chi connectivity index (χ3n) is 4.05. The van der Waals surface area contributed by atoms with Crippen LogP contribution in [0.25, 0.3) is 5.57 Å². The summed E-state index contributed by atoms with van der Waals surface area (Å²) < 4.78 is 25.3. The number of rotatable bonds is 1. The first-order valence-corrected chi connectivity index (χ1v) is 8.78. The normalized spacial score (nSPS) is 26.8. The molecule has 0 radical (unpaired) electrons. The van der Waals surface area contributed by atoms with E-state index in [4.69, 9.17) is 0 Å². The van der Waals surface area contributed by atoms with E-state index >= 15 is 0 Å². The van der Waals surface area contributed by atoms with Gasteiger partial charge in [0.05, 0.1) is 28.8 Å². The van der Waals surface area contributed by atoms with E-state index in [0.29, 0.717) is 6.42 Å². The van der Waals surface area contributed by atoms with Crippen molar-refractivity contribution >= 4 is 21.2 Å². The summed E-state index contributed by atoms with van der Waals surface area (Å²) in [5.74, 6) is 1.43. The maximum atomic E-state index is 11.7. The summed E-state index contributed by atoms with van der Waals surface area (Å²) in [6, 6.07) is -0.0448. The van der Waals surface area contributed by atoms with Crippen LogP contribution in [-0.2, 0) is 9.84 Å². The van der Waals surface area contributed by atoms with E-state index in [1.165, 1.54) is 5.57 Å². The van der Waals surface area contributed by atoms with Gasteiger partial charge in [-0.2, -0.15) is 5.10 Å². The molecule has 3 heterocycles. The number of sulfone groups is 1. The summed E-state index contributed by atoms with van der Waals surface area (Å²) in [7, 11) is -2.91. The lowest BCUT2D eigenvalue weighted by Gasteiger charge is -2.31. The van der Waals surface area contributed by atoms with Crippen LogP contribution in [0.2, 0.25) is 0 Å². The van der Waals surface area contributed by atoms with Gasteiger partial charge >= 0.3 is 0 Å². The minimum absolute atomic E-state index is 0.0448. The first-order valence-electron chi connectivity index (χ1n) is 6.96. The number of nitrogens with one attached hydrogen (secondary N) is 1. The fourth-order valence-corrected chi connectivity index (χ4v) is 5.02. The van der Waals surface area contributed by atoms with E-state index in [2.05, 4.69) is 37.3 Å². The predicted octanol–water partition coefficient (Wildman–Crippen LogP) is 2.16. The molecule has 2 aliphatic heterocycles. The number of nitrogens with zero attached hydrogens (tertiary/aromatic N) is 2. The summed E-state index contributed by atoms with van der Waals surface area (Å²) in [6.07, 6.45) is 2.85. The average molecular weight is 295 g/mol. The number of allylic oxidation sites excluding steroid dienone is 1. The molecule has 6 heteroatoms. The van der Waals surface area contributed by atoms with E-state index in [1.54, 1.807) is 0 Å². The van der Waals surface area contributed by atoms with Crippen molar-refractivity contribution in [1.82, 2.24) is 9.78 Å². The lowest BCUT2D eigenvalue weighted by molar-refractivity contribution is 0.496. The first-order chi connectivity index (χ1) is 9.19. The van der Waals surface area contributed by atoms with Crippen molar-refractivity contribution in [3.05, 3.63) is 17.3 Å². The highest BCUT2D eigenvalue weighted by Gasteiger charge is 2.35. The van der Waals surface area contributed by atoms with Gasteiger partial charge in [0.25, 0.3) is 0 Å². The Morgan fingerprint density at radius 3 is 2.70 bits per heavy atom. The van der Waals surface area contributed by atoms with Crippen molar-refractivity contribution in [1.29, 1.82) is 0 Å². The highest BCUT2D eigenvalue weighted by molar-refractivity contribution is 7.91. The smallest absolute Gasteiger partial charge is 0.152 e. The minimum atomic E-state index is -2.91. The second kappa shape index (κ2) is 4.10. The molecule has 1 unspecified atom stereocenters. The zero-order valence-corrected chi connectivity index (χ0v) is 13.2. The molecule has 2 aliphatic rings. The van der Waals surface area contributed by atoms with E-state index in [-0.39, 0.29) is 23.1 Å². The first kappa shape index (κ1) is 13.7. The van der Waals surface area contributed by atoms with Gasteiger partial charge < -0.3 is 5.32 Å². The van der Waals surface area contributed by atoms with Crippen molar-refractivity contribution < 1.29 is 8.42 Å². The van der Waals surface area contributed by atoms with Crippen LogP contribution in [0.3, 0.4) is 0 Å². The standard InChI is InChI=1S/C14H21N3O2S/c1-9-7-14(3,4)15-13-12(9)10(2)16-17(13)11-5-6-20(18,19)8-11/h7,11,15H,5-6,8H2,1-4H3. The summed E-state index contributed by atoms with van der Waals surface area (Å²) in [5.41, 5.74) is 3.14. The molecule has 1 aromatic rings. The van der Waals surface area contributed by atoms with Gasteiger partial charge in [0.2, 0.25) is 0 Å². The van der Waals surface area contributed by atoms with Gasteiger partial charge in [0.1, 0.15) is 5.82 Å². The number of aromatic nitrogens is 2. The Hall–Kier alpha value is -1.30. The van der Waals surface area contributed by atoms with Gasteiger partial charge in [-0.15, -0.1) is 0 Å². The summed E-state index contributed by atoms with van der Waals surface area (Å²) in [4.78, 5) is 0. The zero-order chi connectivity index (χ0) is 14.7. The molecule has 0 amide bonds. The van der Waals surface area contributed by atoms with Crippen LogP contribution in [0.4, 0.5) is 5.82 Å². The SMILES string of the molecule is CC1=CC(C)(C)Nc2c1c(C)nn2C1CCS(=O)(=O)C1. The molecule has 0 spiro atoms. The predicted molar refractivity (Wildman–Crippen MR) is 80.6 cm³/mol. The van der Waals surface area contributed by atoms with Gasteiger partial charge in [-0.3, -0.25) is 0 Å². The van der Waals surface area contributed by atoms with Gasteiger partial charge in [-0.25, -0.2) is 13.1 Å². The summed E-state index contributed by atoms with van der Waals surface area (Å²) in [5, 5.41) is 8.09. The number of aryl methyl sites for hydroxylation is 1. The fraction of sp³-hybridized carbons (Fsp3) is 0.643. The maximum absolute atomic E-state index is 11.7. The Morgan fingerprint density at radius 1 is 1.40 bits per heavy atom. The van der Waals surface area contributed by atoms with Crippen LogP contribution < -0.4 is 5.32 Å². The Bertz CT molecular complexity index is 698. The van der Waals surface area contributed by atoms with Gasteiger partial charge in [-0.05, 0) is 39.7 Å². The second-order valence-corrected chi connectivity index (χ2v) is 8.71. The van der Waals surface area contributed by atoms with Crippen LogP contribution in [0.1, 0.15) is 44.5 Å². The van der Waals surface area contributed by atoms with Gasteiger partial charge in [0, 0.05) is 5.56 Å². The van der Waals surface area contributed by atoms with Gasteiger partial charge in [-0.1, -0.05) is 6.08 Å². The fourth-order valence-electron chi connectivity index (χ4n) is 3.33. The molecule has 0 saturated carbocycles. The second-order valence-electron chi connectivity index (χ2n) is 6.48. The molecular formula is C14H21N3O2S. The van der Waals surface area contributed by atoms with Crippen LogP contribution in [0.5, 0.6) is 0 Å². The maximum Gasteiger partial charge on any atom is 0.152 e. The number of anilines is 1. The molecule has 0 aromatic carbocycles. The van der Waals surface area contributed by atoms with Crippen molar-refractivity contribution in [3.8, 4) is 0 Å². The Morgan fingerprint density at radius 2 is 2.10 bits per heavy atom. The number of hydrogen-bond acceptors (Lipinski definition) is 4. The number of fused-ring (bicyclic) bond motifs is 1. The number of hydrogen-bond donors (Lipinski definition) is 1. The lowest BCUT2D eigenvalue weighted by atomic mass is 9.93. The Kier molecular flexibility index (Phi) is 2.80. The van der Waals surface area contributed by atoms with Gasteiger partial charge in [0.15, 0.2) is 9.84 Å².